The molecule has 1 heterocycles. The Bertz CT molecular complexity index is 872. The van der Waals surface area contributed by atoms with Crippen LogP contribution in [0.15, 0.2) is 53.4 Å². The van der Waals surface area contributed by atoms with Crippen molar-refractivity contribution >= 4 is 21.6 Å². The lowest BCUT2D eigenvalue weighted by atomic mass is 9.97. The Balaban J connectivity index is 1.60. The zero-order chi connectivity index (χ0) is 18.7. The van der Waals surface area contributed by atoms with Crippen LogP contribution in [0.3, 0.4) is 0 Å². The van der Waals surface area contributed by atoms with Crippen LogP contribution in [0.2, 0.25) is 0 Å². The molecule has 138 valence electrons. The van der Waals surface area contributed by atoms with Gasteiger partial charge in [-0.1, -0.05) is 17.7 Å². The van der Waals surface area contributed by atoms with E-state index in [-0.39, 0.29) is 22.5 Å². The largest absolute Gasteiger partial charge is 0.326 e. The van der Waals surface area contributed by atoms with Crippen molar-refractivity contribution in [1.82, 2.24) is 4.31 Å². The van der Waals surface area contributed by atoms with Gasteiger partial charge in [-0.05, 0) is 56.2 Å². The van der Waals surface area contributed by atoms with Crippen molar-refractivity contribution in [3.05, 3.63) is 59.9 Å². The third-order valence-corrected chi connectivity index (χ3v) is 6.51. The summed E-state index contributed by atoms with van der Waals surface area (Å²) >= 11 is 0. The molecule has 3 rings (SSSR count). The Morgan fingerprint density at radius 3 is 2.19 bits per heavy atom. The molecule has 7 heteroatoms. The summed E-state index contributed by atoms with van der Waals surface area (Å²) in [4.78, 5) is 12.6. The maximum Gasteiger partial charge on any atom is 0.243 e. The molecule has 0 bridgehead atoms. The molecule has 0 spiro atoms. The van der Waals surface area contributed by atoms with Gasteiger partial charge in [0, 0.05) is 24.7 Å². The first kappa shape index (κ1) is 18.5. The van der Waals surface area contributed by atoms with Crippen molar-refractivity contribution < 1.29 is 17.6 Å². The summed E-state index contributed by atoms with van der Waals surface area (Å²) in [5.74, 6) is -0.786. The van der Waals surface area contributed by atoms with Crippen LogP contribution < -0.4 is 5.32 Å². The number of piperidine rings is 1. The minimum absolute atomic E-state index is 0.163. The summed E-state index contributed by atoms with van der Waals surface area (Å²) in [7, 11) is -3.53. The van der Waals surface area contributed by atoms with E-state index >= 15 is 0 Å². The molecule has 0 atom stereocenters. The number of anilines is 1. The van der Waals surface area contributed by atoms with Crippen molar-refractivity contribution in [3.63, 3.8) is 0 Å². The number of aryl methyl sites for hydroxylation is 1. The highest BCUT2D eigenvalue weighted by molar-refractivity contribution is 7.89. The van der Waals surface area contributed by atoms with Crippen LogP contribution in [0.1, 0.15) is 18.4 Å². The Labute approximate surface area is 152 Å². The number of hydrogen-bond donors (Lipinski definition) is 1. The Morgan fingerprint density at radius 2 is 1.62 bits per heavy atom. The number of sulfonamides is 1. The fourth-order valence-electron chi connectivity index (χ4n) is 3.00. The molecule has 1 N–H and O–H groups in total. The number of amides is 1. The second-order valence-corrected chi connectivity index (χ2v) is 8.43. The number of nitrogens with zero attached hydrogens (tertiary/aromatic N) is 1. The SMILES string of the molecule is Cc1ccc(S(=O)(=O)N2CCC(C(=O)Nc3ccc(F)cc3)CC2)cc1. The molecule has 2 aromatic rings. The molecule has 0 aromatic heterocycles. The lowest BCUT2D eigenvalue weighted by molar-refractivity contribution is -0.120. The predicted molar refractivity (Wildman–Crippen MR) is 97.7 cm³/mol. The molecule has 1 amide bonds. The Hall–Kier alpha value is -2.25. The zero-order valence-corrected chi connectivity index (χ0v) is 15.3. The highest BCUT2D eigenvalue weighted by Gasteiger charge is 2.32. The van der Waals surface area contributed by atoms with Crippen LogP contribution in [0.4, 0.5) is 10.1 Å². The van der Waals surface area contributed by atoms with Gasteiger partial charge in [0.25, 0.3) is 0 Å². The lowest BCUT2D eigenvalue weighted by Crippen LogP contribution is -2.41. The van der Waals surface area contributed by atoms with E-state index in [4.69, 9.17) is 0 Å². The molecule has 0 aliphatic carbocycles. The standard InChI is InChI=1S/C19H21FN2O3S/c1-14-2-8-18(9-3-14)26(24,25)22-12-10-15(11-13-22)19(23)21-17-6-4-16(20)5-7-17/h2-9,15H,10-13H2,1H3,(H,21,23). The number of rotatable bonds is 4. The molecular weight excluding hydrogens is 355 g/mol. The van der Waals surface area contributed by atoms with Crippen LogP contribution in [0, 0.1) is 18.7 Å². The normalized spacial score (nSPS) is 16.4. The zero-order valence-electron chi connectivity index (χ0n) is 14.5. The van der Waals surface area contributed by atoms with Crippen LogP contribution >= 0.6 is 0 Å². The lowest BCUT2D eigenvalue weighted by Gasteiger charge is -2.30. The van der Waals surface area contributed by atoms with Crippen molar-refractivity contribution in [1.29, 1.82) is 0 Å². The van der Waals surface area contributed by atoms with Gasteiger partial charge in [0.2, 0.25) is 15.9 Å². The highest BCUT2D eigenvalue weighted by Crippen LogP contribution is 2.25. The van der Waals surface area contributed by atoms with Gasteiger partial charge in [0.1, 0.15) is 5.82 Å². The number of halogens is 1. The molecule has 0 radical (unpaired) electrons. The summed E-state index contributed by atoms with van der Waals surface area (Å²) in [6.45, 7) is 2.51. The summed E-state index contributed by atoms with van der Waals surface area (Å²) in [6.07, 6.45) is 0.913. The van der Waals surface area contributed by atoms with E-state index < -0.39 is 10.0 Å². The number of nitrogens with one attached hydrogen (secondary N) is 1. The van der Waals surface area contributed by atoms with E-state index in [1.807, 2.05) is 6.92 Å². The quantitative estimate of drug-likeness (QED) is 0.891. The molecule has 1 fully saturated rings. The van der Waals surface area contributed by atoms with Crippen LogP contribution in [0.5, 0.6) is 0 Å². The van der Waals surface area contributed by atoms with Gasteiger partial charge in [0.05, 0.1) is 4.90 Å². The first-order chi connectivity index (χ1) is 12.4. The van der Waals surface area contributed by atoms with Crippen molar-refractivity contribution in [2.24, 2.45) is 5.92 Å². The minimum atomic E-state index is -3.53. The van der Waals surface area contributed by atoms with E-state index in [2.05, 4.69) is 5.32 Å². The summed E-state index contributed by atoms with van der Waals surface area (Å²) < 4.78 is 39.7. The van der Waals surface area contributed by atoms with Crippen LogP contribution in [0.25, 0.3) is 0 Å². The van der Waals surface area contributed by atoms with Gasteiger partial charge in [0.15, 0.2) is 0 Å². The van der Waals surface area contributed by atoms with Crippen molar-refractivity contribution in [2.75, 3.05) is 18.4 Å². The van der Waals surface area contributed by atoms with Gasteiger partial charge in [-0.3, -0.25) is 4.79 Å². The minimum Gasteiger partial charge on any atom is -0.326 e. The number of benzene rings is 2. The van der Waals surface area contributed by atoms with Crippen molar-refractivity contribution in [3.8, 4) is 0 Å². The average molecular weight is 376 g/mol. The molecule has 1 saturated heterocycles. The second kappa shape index (κ2) is 7.55. The molecular formula is C19H21FN2O3S. The summed E-state index contributed by atoms with van der Waals surface area (Å²) in [6, 6.07) is 12.3. The molecule has 26 heavy (non-hydrogen) atoms. The smallest absolute Gasteiger partial charge is 0.243 e. The van der Waals surface area contributed by atoms with E-state index in [1.165, 1.54) is 28.6 Å². The fourth-order valence-corrected chi connectivity index (χ4v) is 4.46. The first-order valence-corrected chi connectivity index (χ1v) is 9.93. The first-order valence-electron chi connectivity index (χ1n) is 8.49. The Morgan fingerprint density at radius 1 is 1.04 bits per heavy atom. The predicted octanol–water partition coefficient (Wildman–Crippen LogP) is 3.17. The van der Waals surface area contributed by atoms with E-state index in [9.17, 15) is 17.6 Å². The van der Waals surface area contributed by atoms with Crippen LogP contribution in [-0.4, -0.2) is 31.7 Å². The molecule has 0 saturated carbocycles. The molecule has 1 aliphatic heterocycles. The molecule has 1 aliphatic rings. The fraction of sp³-hybridized carbons (Fsp3) is 0.316. The van der Waals surface area contributed by atoms with Crippen LogP contribution in [-0.2, 0) is 14.8 Å². The monoisotopic (exact) mass is 376 g/mol. The molecule has 2 aromatic carbocycles. The van der Waals surface area contributed by atoms with Gasteiger partial charge in [-0.15, -0.1) is 0 Å². The van der Waals surface area contributed by atoms with E-state index in [1.54, 1.807) is 24.3 Å². The average Bonchev–Trinajstić information content (AvgIpc) is 2.64. The number of hydrogen-bond acceptors (Lipinski definition) is 3. The van der Waals surface area contributed by atoms with E-state index in [0.29, 0.717) is 31.6 Å². The highest BCUT2D eigenvalue weighted by atomic mass is 32.2. The maximum absolute atomic E-state index is 12.9. The molecule has 5 nitrogen and oxygen atoms in total. The van der Waals surface area contributed by atoms with Gasteiger partial charge < -0.3 is 5.32 Å². The second-order valence-electron chi connectivity index (χ2n) is 6.49. The summed E-state index contributed by atoms with van der Waals surface area (Å²) in [5, 5.41) is 2.76. The number of carbonyl (C=O) groups is 1. The van der Waals surface area contributed by atoms with Crippen molar-refractivity contribution in [2.45, 2.75) is 24.7 Å². The van der Waals surface area contributed by atoms with Gasteiger partial charge in [-0.25, -0.2) is 12.8 Å². The van der Waals surface area contributed by atoms with Gasteiger partial charge >= 0.3 is 0 Å². The Kier molecular flexibility index (Phi) is 5.38. The van der Waals surface area contributed by atoms with E-state index in [0.717, 1.165) is 5.56 Å². The van der Waals surface area contributed by atoms with Gasteiger partial charge in [-0.2, -0.15) is 4.31 Å². The topological polar surface area (TPSA) is 66.5 Å². The molecule has 0 unspecified atom stereocenters. The number of carbonyl (C=O) groups excluding carboxylic acids is 1. The maximum atomic E-state index is 12.9. The summed E-state index contributed by atoms with van der Waals surface area (Å²) in [5.41, 5.74) is 1.53. The third kappa shape index (κ3) is 4.11. The third-order valence-electron chi connectivity index (χ3n) is 4.60.